The minimum Gasteiger partial charge on any atom is -0.496 e. The van der Waals surface area contributed by atoms with Crippen molar-refractivity contribution in [2.24, 2.45) is 0 Å². The summed E-state index contributed by atoms with van der Waals surface area (Å²) in [5.41, 5.74) is 2.06. The SMILES string of the molecule is COc1ccc(S(=O)(=O)N2CCc3ccccc32)cc1C(=O)Oc1ccc(C(C)=O)cc1. The molecule has 0 atom stereocenters. The van der Waals surface area contributed by atoms with Crippen molar-refractivity contribution in [2.75, 3.05) is 18.0 Å². The van der Waals surface area contributed by atoms with E-state index >= 15 is 0 Å². The highest BCUT2D eigenvalue weighted by Crippen LogP contribution is 2.34. The number of nitrogens with zero attached hydrogens (tertiary/aromatic N) is 1. The van der Waals surface area contributed by atoms with Crippen LogP contribution in [0.25, 0.3) is 0 Å². The zero-order chi connectivity index (χ0) is 22.9. The first-order chi connectivity index (χ1) is 15.3. The van der Waals surface area contributed by atoms with Gasteiger partial charge in [-0.15, -0.1) is 0 Å². The lowest BCUT2D eigenvalue weighted by Crippen LogP contribution is -2.29. The number of methoxy groups -OCH3 is 1. The van der Waals surface area contributed by atoms with E-state index < -0.39 is 16.0 Å². The fraction of sp³-hybridized carbons (Fsp3) is 0.167. The van der Waals surface area contributed by atoms with Crippen LogP contribution in [0.3, 0.4) is 0 Å². The summed E-state index contributed by atoms with van der Waals surface area (Å²) in [7, 11) is -2.50. The number of esters is 1. The van der Waals surface area contributed by atoms with Gasteiger partial charge in [0.25, 0.3) is 10.0 Å². The summed E-state index contributed by atoms with van der Waals surface area (Å²) < 4.78 is 38.7. The van der Waals surface area contributed by atoms with Gasteiger partial charge in [-0.25, -0.2) is 13.2 Å². The minimum atomic E-state index is -3.89. The third-order valence-corrected chi connectivity index (χ3v) is 7.10. The van der Waals surface area contributed by atoms with Crippen molar-refractivity contribution in [3.63, 3.8) is 0 Å². The van der Waals surface area contributed by atoms with E-state index in [1.165, 1.54) is 48.7 Å². The molecule has 0 unspecified atom stereocenters. The second-order valence-corrected chi connectivity index (χ2v) is 9.15. The van der Waals surface area contributed by atoms with E-state index in [4.69, 9.17) is 9.47 Å². The van der Waals surface area contributed by atoms with E-state index in [-0.39, 0.29) is 27.7 Å². The van der Waals surface area contributed by atoms with E-state index in [1.807, 2.05) is 12.1 Å². The smallest absolute Gasteiger partial charge is 0.347 e. The number of anilines is 1. The fourth-order valence-corrected chi connectivity index (χ4v) is 5.14. The van der Waals surface area contributed by atoms with Gasteiger partial charge in [-0.1, -0.05) is 18.2 Å². The van der Waals surface area contributed by atoms with Crippen LogP contribution in [0.15, 0.2) is 71.6 Å². The van der Waals surface area contributed by atoms with Gasteiger partial charge in [0.2, 0.25) is 0 Å². The summed E-state index contributed by atoms with van der Waals surface area (Å²) in [6.45, 7) is 1.77. The monoisotopic (exact) mass is 451 g/mol. The number of carbonyl (C=O) groups is 2. The van der Waals surface area contributed by atoms with Crippen molar-refractivity contribution < 1.29 is 27.5 Å². The molecule has 0 spiro atoms. The van der Waals surface area contributed by atoms with E-state index in [9.17, 15) is 18.0 Å². The Balaban J connectivity index is 1.65. The average Bonchev–Trinajstić information content (AvgIpc) is 3.24. The molecule has 1 heterocycles. The zero-order valence-electron chi connectivity index (χ0n) is 17.6. The lowest BCUT2D eigenvalue weighted by atomic mass is 10.1. The van der Waals surface area contributed by atoms with Crippen molar-refractivity contribution >= 4 is 27.5 Å². The molecule has 1 aliphatic heterocycles. The van der Waals surface area contributed by atoms with Crippen LogP contribution >= 0.6 is 0 Å². The highest BCUT2D eigenvalue weighted by atomic mass is 32.2. The van der Waals surface area contributed by atoms with Gasteiger partial charge in [0.05, 0.1) is 17.7 Å². The Hall–Kier alpha value is -3.65. The third-order valence-electron chi connectivity index (χ3n) is 5.29. The molecule has 0 amide bonds. The molecule has 0 saturated heterocycles. The summed E-state index contributed by atoms with van der Waals surface area (Å²) >= 11 is 0. The molecule has 7 nitrogen and oxygen atoms in total. The molecule has 0 bridgehead atoms. The summed E-state index contributed by atoms with van der Waals surface area (Å²) in [6, 6.07) is 17.6. The fourth-order valence-electron chi connectivity index (χ4n) is 3.61. The lowest BCUT2D eigenvalue weighted by Gasteiger charge is -2.20. The van der Waals surface area contributed by atoms with Crippen LogP contribution in [0, 0.1) is 0 Å². The average molecular weight is 452 g/mol. The van der Waals surface area contributed by atoms with Gasteiger partial charge in [-0.2, -0.15) is 0 Å². The van der Waals surface area contributed by atoms with Crippen molar-refractivity contribution in [3.05, 3.63) is 83.4 Å². The van der Waals surface area contributed by atoms with Crippen LogP contribution in [-0.4, -0.2) is 33.8 Å². The van der Waals surface area contributed by atoms with Crippen molar-refractivity contribution in [1.82, 2.24) is 0 Å². The Labute approximate surface area is 186 Å². The molecule has 3 aromatic carbocycles. The van der Waals surface area contributed by atoms with Crippen LogP contribution in [0.1, 0.15) is 33.2 Å². The molecule has 164 valence electrons. The van der Waals surface area contributed by atoms with Gasteiger partial charge in [-0.3, -0.25) is 9.10 Å². The zero-order valence-corrected chi connectivity index (χ0v) is 18.4. The molecule has 0 N–H and O–H groups in total. The highest BCUT2D eigenvalue weighted by Gasteiger charge is 2.31. The Kier molecular flexibility index (Phi) is 5.71. The maximum absolute atomic E-state index is 13.3. The number of rotatable bonds is 6. The van der Waals surface area contributed by atoms with Crippen LogP contribution < -0.4 is 13.8 Å². The second-order valence-electron chi connectivity index (χ2n) is 7.29. The van der Waals surface area contributed by atoms with Crippen molar-refractivity contribution in [1.29, 1.82) is 0 Å². The summed E-state index contributed by atoms with van der Waals surface area (Å²) in [5.74, 6) is -0.456. The predicted molar refractivity (Wildman–Crippen MR) is 119 cm³/mol. The van der Waals surface area contributed by atoms with Crippen molar-refractivity contribution in [3.8, 4) is 11.5 Å². The Morgan fingerprint density at radius 2 is 1.69 bits per heavy atom. The predicted octanol–water partition coefficient (Wildman–Crippen LogP) is 3.87. The number of sulfonamides is 1. The molecule has 0 radical (unpaired) electrons. The molecule has 0 aliphatic carbocycles. The molecule has 4 rings (SSSR count). The maximum Gasteiger partial charge on any atom is 0.347 e. The molecule has 0 aromatic heterocycles. The number of carbonyl (C=O) groups excluding carboxylic acids is 2. The van der Waals surface area contributed by atoms with Crippen LogP contribution in [0.2, 0.25) is 0 Å². The van der Waals surface area contributed by atoms with Gasteiger partial charge in [0.1, 0.15) is 17.1 Å². The number of benzene rings is 3. The quantitative estimate of drug-likeness (QED) is 0.321. The Bertz CT molecular complexity index is 1300. The number of hydrogen-bond donors (Lipinski definition) is 0. The number of ether oxygens (including phenoxy) is 2. The molecule has 0 saturated carbocycles. The summed E-state index contributed by atoms with van der Waals surface area (Å²) in [6.07, 6.45) is 0.622. The standard InChI is InChI=1S/C24H21NO6S/c1-16(26)17-7-9-19(10-8-17)31-24(27)21-15-20(11-12-23(21)30-2)32(28,29)25-14-13-18-5-3-4-6-22(18)25/h3-12,15H,13-14H2,1-2H3. The largest absolute Gasteiger partial charge is 0.496 e. The number of ketones is 1. The van der Waals surface area contributed by atoms with Crippen LogP contribution in [0.4, 0.5) is 5.69 Å². The molecule has 32 heavy (non-hydrogen) atoms. The van der Waals surface area contributed by atoms with Crippen LogP contribution in [-0.2, 0) is 16.4 Å². The summed E-state index contributed by atoms with van der Waals surface area (Å²) in [5, 5.41) is 0. The van der Waals surface area contributed by atoms with Gasteiger partial charge < -0.3 is 9.47 Å². The first-order valence-electron chi connectivity index (χ1n) is 9.93. The van der Waals surface area contributed by atoms with Crippen molar-refractivity contribution in [2.45, 2.75) is 18.2 Å². The third kappa shape index (κ3) is 3.97. The molecular weight excluding hydrogens is 430 g/mol. The minimum absolute atomic E-state index is 0.0169. The normalized spacial score (nSPS) is 12.9. The molecule has 3 aromatic rings. The molecular formula is C24H21NO6S. The number of para-hydroxylation sites is 1. The first kappa shape index (κ1) is 21.6. The number of hydrogen-bond acceptors (Lipinski definition) is 6. The van der Waals surface area contributed by atoms with Gasteiger partial charge in [-0.05, 0) is 67.4 Å². The maximum atomic E-state index is 13.3. The summed E-state index contributed by atoms with van der Waals surface area (Å²) in [4.78, 5) is 24.2. The topological polar surface area (TPSA) is 90.0 Å². The Morgan fingerprint density at radius 3 is 2.38 bits per heavy atom. The van der Waals surface area contributed by atoms with Gasteiger partial charge >= 0.3 is 5.97 Å². The molecule has 8 heteroatoms. The van der Waals surface area contributed by atoms with E-state index in [0.29, 0.717) is 24.2 Å². The highest BCUT2D eigenvalue weighted by molar-refractivity contribution is 7.92. The van der Waals surface area contributed by atoms with E-state index in [0.717, 1.165) is 5.56 Å². The number of Topliss-reactive ketones (excluding diaryl/α,β-unsaturated/α-hetero) is 1. The van der Waals surface area contributed by atoms with Crippen LogP contribution in [0.5, 0.6) is 11.5 Å². The molecule has 1 aliphatic rings. The Morgan fingerprint density at radius 1 is 0.969 bits per heavy atom. The van der Waals surface area contributed by atoms with E-state index in [2.05, 4.69) is 0 Å². The van der Waals surface area contributed by atoms with Gasteiger partial charge in [0.15, 0.2) is 5.78 Å². The second kappa shape index (κ2) is 8.47. The van der Waals surface area contributed by atoms with E-state index in [1.54, 1.807) is 24.3 Å². The molecule has 0 fully saturated rings. The van der Waals surface area contributed by atoms with Gasteiger partial charge in [0, 0.05) is 12.1 Å². The number of fused-ring (bicyclic) bond motifs is 1. The first-order valence-corrected chi connectivity index (χ1v) is 11.4. The lowest BCUT2D eigenvalue weighted by molar-refractivity contribution is 0.0731.